The van der Waals surface area contributed by atoms with Gasteiger partial charge >= 0.3 is 0 Å². The van der Waals surface area contributed by atoms with E-state index < -0.39 is 10.1 Å². The number of ether oxygens (including phenoxy) is 1. The molecule has 1 atom stereocenters. The molecule has 2 aromatic rings. The molecule has 0 spiro atoms. The average molecular weight is 429 g/mol. The summed E-state index contributed by atoms with van der Waals surface area (Å²) in [6, 6.07) is 18.6. The Balaban J connectivity index is 1.45. The van der Waals surface area contributed by atoms with Gasteiger partial charge in [-0.05, 0) is 73.6 Å². The lowest BCUT2D eigenvalue weighted by molar-refractivity contribution is 0.244. The van der Waals surface area contributed by atoms with E-state index in [1.807, 2.05) is 24.3 Å². The summed E-state index contributed by atoms with van der Waals surface area (Å²) in [5.41, 5.74) is 2.67. The normalized spacial score (nSPS) is 19.0. The molecule has 1 unspecified atom stereocenters. The van der Waals surface area contributed by atoms with Crippen LogP contribution in [0, 0.1) is 5.41 Å². The molecule has 0 saturated carbocycles. The molecule has 0 heterocycles. The van der Waals surface area contributed by atoms with Gasteiger partial charge in [-0.3, -0.25) is 4.18 Å². The van der Waals surface area contributed by atoms with Crippen molar-refractivity contribution in [1.29, 1.82) is 0 Å². The van der Waals surface area contributed by atoms with Crippen molar-refractivity contribution in [3.63, 3.8) is 0 Å². The van der Waals surface area contributed by atoms with Gasteiger partial charge in [0.25, 0.3) is 10.1 Å². The molecule has 0 amide bonds. The number of benzene rings is 2. The van der Waals surface area contributed by atoms with Crippen LogP contribution in [-0.4, -0.2) is 27.9 Å². The number of hydrogen-bond acceptors (Lipinski definition) is 4. The van der Waals surface area contributed by atoms with Crippen molar-refractivity contribution in [3.05, 3.63) is 77.9 Å². The molecule has 3 rings (SSSR count). The number of hydrogen-bond donors (Lipinski definition) is 0. The van der Waals surface area contributed by atoms with Crippen LogP contribution in [0.4, 0.5) is 0 Å². The minimum Gasteiger partial charge on any atom is -0.494 e. The van der Waals surface area contributed by atoms with Crippen molar-refractivity contribution in [2.24, 2.45) is 5.41 Å². The predicted octanol–water partition coefficient (Wildman–Crippen LogP) is 5.33. The van der Waals surface area contributed by atoms with E-state index in [0.717, 1.165) is 36.8 Å². The SMILES string of the molecule is CS(=O)(=O)OCCc1ccc(OCCCC2(Cc3ccccc3)C=CCCC2)cc1. The van der Waals surface area contributed by atoms with Gasteiger partial charge in [0, 0.05) is 0 Å². The molecule has 0 bridgehead atoms. The van der Waals surface area contributed by atoms with E-state index in [0.29, 0.717) is 13.0 Å². The predicted molar refractivity (Wildman–Crippen MR) is 121 cm³/mol. The fourth-order valence-corrected chi connectivity index (χ4v) is 4.50. The smallest absolute Gasteiger partial charge is 0.264 e. The molecule has 30 heavy (non-hydrogen) atoms. The standard InChI is InChI=1S/C25H32O4S/c1-30(26,27)29-20-15-22-11-13-24(14-12-22)28-19-8-18-25(16-6-3-7-17-25)21-23-9-4-2-5-10-23/h2,4-6,9-14,16H,3,7-8,15,17-21H2,1H3. The van der Waals surface area contributed by atoms with Gasteiger partial charge in [-0.2, -0.15) is 8.42 Å². The molecule has 0 radical (unpaired) electrons. The second-order valence-corrected chi connectivity index (χ2v) is 9.84. The molecule has 0 aromatic heterocycles. The third-order valence-electron chi connectivity index (χ3n) is 5.62. The van der Waals surface area contributed by atoms with E-state index in [-0.39, 0.29) is 12.0 Å². The molecule has 0 saturated heterocycles. The zero-order valence-electron chi connectivity index (χ0n) is 17.8. The maximum absolute atomic E-state index is 11.0. The summed E-state index contributed by atoms with van der Waals surface area (Å²) in [5.74, 6) is 0.846. The summed E-state index contributed by atoms with van der Waals surface area (Å²) in [6.45, 7) is 0.858. The number of rotatable bonds is 11. The van der Waals surface area contributed by atoms with Crippen LogP contribution in [0.5, 0.6) is 5.75 Å². The summed E-state index contributed by atoms with van der Waals surface area (Å²) in [7, 11) is -3.38. The highest BCUT2D eigenvalue weighted by Crippen LogP contribution is 2.39. The summed E-state index contributed by atoms with van der Waals surface area (Å²) < 4.78 is 32.8. The molecule has 1 aliphatic rings. The lowest BCUT2D eigenvalue weighted by Gasteiger charge is -2.34. The summed E-state index contributed by atoms with van der Waals surface area (Å²) in [6.07, 6.45) is 13.3. The van der Waals surface area contributed by atoms with E-state index in [2.05, 4.69) is 42.5 Å². The molecular formula is C25H32O4S. The van der Waals surface area contributed by atoms with Crippen molar-refractivity contribution in [2.45, 2.75) is 44.9 Å². The van der Waals surface area contributed by atoms with Gasteiger partial charge in [-0.25, -0.2) is 0 Å². The van der Waals surface area contributed by atoms with Crippen molar-refractivity contribution in [3.8, 4) is 5.75 Å². The first kappa shape index (κ1) is 22.6. The summed E-state index contributed by atoms with van der Waals surface area (Å²) in [5, 5.41) is 0. The monoisotopic (exact) mass is 428 g/mol. The fourth-order valence-electron chi connectivity index (χ4n) is 4.11. The first-order valence-electron chi connectivity index (χ1n) is 10.7. The molecule has 4 nitrogen and oxygen atoms in total. The molecular weight excluding hydrogens is 396 g/mol. The van der Waals surface area contributed by atoms with Crippen molar-refractivity contribution >= 4 is 10.1 Å². The zero-order valence-corrected chi connectivity index (χ0v) is 18.6. The third kappa shape index (κ3) is 7.62. The van der Waals surface area contributed by atoms with Crippen LogP contribution in [0.3, 0.4) is 0 Å². The van der Waals surface area contributed by atoms with Gasteiger partial charge in [0.1, 0.15) is 5.75 Å². The molecule has 5 heteroatoms. The minimum atomic E-state index is -3.38. The van der Waals surface area contributed by atoms with Crippen LogP contribution in [0.1, 0.15) is 43.2 Å². The maximum atomic E-state index is 11.0. The first-order chi connectivity index (χ1) is 14.4. The van der Waals surface area contributed by atoms with Gasteiger partial charge in [-0.15, -0.1) is 0 Å². The first-order valence-corrected chi connectivity index (χ1v) is 12.5. The quantitative estimate of drug-likeness (QED) is 0.276. The Hall–Kier alpha value is -2.11. The highest BCUT2D eigenvalue weighted by molar-refractivity contribution is 7.85. The van der Waals surface area contributed by atoms with Crippen molar-refractivity contribution < 1.29 is 17.3 Å². The Bertz CT molecular complexity index is 904. The topological polar surface area (TPSA) is 52.6 Å². The lowest BCUT2D eigenvalue weighted by atomic mass is 9.71. The van der Waals surface area contributed by atoms with Gasteiger partial charge in [0.2, 0.25) is 0 Å². The van der Waals surface area contributed by atoms with Crippen LogP contribution in [0.25, 0.3) is 0 Å². The van der Waals surface area contributed by atoms with Gasteiger partial charge in [0.05, 0.1) is 19.5 Å². The summed E-state index contributed by atoms with van der Waals surface area (Å²) in [4.78, 5) is 0. The number of allylic oxidation sites excluding steroid dienone is 2. The van der Waals surface area contributed by atoms with E-state index in [1.54, 1.807) is 0 Å². The Labute approximate surface area is 181 Å². The van der Waals surface area contributed by atoms with Gasteiger partial charge < -0.3 is 4.74 Å². The van der Waals surface area contributed by atoms with Crippen LogP contribution in [0.15, 0.2) is 66.7 Å². The Morgan fingerprint density at radius 3 is 2.40 bits per heavy atom. The van der Waals surface area contributed by atoms with Crippen LogP contribution < -0.4 is 4.74 Å². The lowest BCUT2D eigenvalue weighted by Crippen LogP contribution is -2.24. The van der Waals surface area contributed by atoms with Gasteiger partial charge in [-0.1, -0.05) is 54.6 Å². The van der Waals surface area contributed by atoms with E-state index in [4.69, 9.17) is 8.92 Å². The van der Waals surface area contributed by atoms with E-state index in [1.165, 1.54) is 24.8 Å². The minimum absolute atomic E-state index is 0.163. The Morgan fingerprint density at radius 2 is 1.73 bits per heavy atom. The molecule has 162 valence electrons. The molecule has 0 aliphatic heterocycles. The fraction of sp³-hybridized carbons (Fsp3) is 0.440. The largest absolute Gasteiger partial charge is 0.494 e. The second kappa shape index (κ2) is 10.8. The van der Waals surface area contributed by atoms with Crippen LogP contribution in [-0.2, 0) is 27.1 Å². The molecule has 0 fully saturated rings. The van der Waals surface area contributed by atoms with E-state index in [9.17, 15) is 8.42 Å². The maximum Gasteiger partial charge on any atom is 0.264 e. The molecule has 0 N–H and O–H groups in total. The van der Waals surface area contributed by atoms with Crippen molar-refractivity contribution in [2.75, 3.05) is 19.5 Å². The average Bonchev–Trinajstić information content (AvgIpc) is 2.73. The highest BCUT2D eigenvalue weighted by atomic mass is 32.2. The third-order valence-corrected chi connectivity index (χ3v) is 6.21. The second-order valence-electron chi connectivity index (χ2n) is 8.19. The van der Waals surface area contributed by atoms with Crippen LogP contribution >= 0.6 is 0 Å². The van der Waals surface area contributed by atoms with Crippen LogP contribution in [0.2, 0.25) is 0 Å². The zero-order chi connectivity index (χ0) is 21.3. The van der Waals surface area contributed by atoms with Crippen molar-refractivity contribution in [1.82, 2.24) is 0 Å². The molecule has 2 aromatic carbocycles. The van der Waals surface area contributed by atoms with E-state index >= 15 is 0 Å². The Kier molecular flexibility index (Phi) is 8.11. The van der Waals surface area contributed by atoms with Gasteiger partial charge in [0.15, 0.2) is 0 Å². The highest BCUT2D eigenvalue weighted by Gasteiger charge is 2.28. The molecule has 1 aliphatic carbocycles. The summed E-state index contributed by atoms with van der Waals surface area (Å²) >= 11 is 0. The Morgan fingerprint density at radius 1 is 0.967 bits per heavy atom.